The van der Waals surface area contributed by atoms with Gasteiger partial charge in [0.05, 0.1) is 0 Å². The van der Waals surface area contributed by atoms with Gasteiger partial charge in [-0.15, -0.1) is 0 Å². The number of methoxy groups -OCH3 is 1. The number of aromatic nitrogens is 2. The standard InChI is InChI=1S/C16H23N3O2/c1-5-16(2,20-4)15-18-14(21-19-15)11-13(17-3)12-9-7-6-8-10-12/h6-10,13,17H,5,11H2,1-4H3. The maximum absolute atomic E-state index is 5.50. The van der Waals surface area contributed by atoms with Crippen molar-refractivity contribution < 1.29 is 9.26 Å². The first-order valence-electron chi connectivity index (χ1n) is 7.23. The third-order valence-electron chi connectivity index (χ3n) is 4.00. The van der Waals surface area contributed by atoms with Crippen LogP contribution in [0.5, 0.6) is 0 Å². The summed E-state index contributed by atoms with van der Waals surface area (Å²) in [5.41, 5.74) is 0.702. The van der Waals surface area contributed by atoms with E-state index in [0.717, 1.165) is 6.42 Å². The lowest BCUT2D eigenvalue weighted by atomic mass is 10.0. The molecule has 21 heavy (non-hydrogen) atoms. The predicted molar refractivity (Wildman–Crippen MR) is 80.9 cm³/mol. The van der Waals surface area contributed by atoms with Gasteiger partial charge in [-0.3, -0.25) is 0 Å². The Morgan fingerprint density at radius 2 is 2.05 bits per heavy atom. The fourth-order valence-electron chi connectivity index (χ4n) is 2.19. The van der Waals surface area contributed by atoms with Gasteiger partial charge in [0.1, 0.15) is 5.60 Å². The van der Waals surface area contributed by atoms with E-state index in [9.17, 15) is 0 Å². The number of ether oxygens (including phenoxy) is 1. The summed E-state index contributed by atoms with van der Waals surface area (Å²) in [6, 6.07) is 10.4. The van der Waals surface area contributed by atoms with E-state index in [-0.39, 0.29) is 6.04 Å². The molecule has 1 aromatic carbocycles. The zero-order valence-corrected chi connectivity index (χ0v) is 13.1. The number of benzene rings is 1. The summed E-state index contributed by atoms with van der Waals surface area (Å²) in [5, 5.41) is 7.36. The Bertz CT molecular complexity index is 550. The number of nitrogens with one attached hydrogen (secondary N) is 1. The predicted octanol–water partition coefficient (Wildman–Crippen LogP) is 2.84. The molecular formula is C16H23N3O2. The first kappa shape index (κ1) is 15.7. The summed E-state index contributed by atoms with van der Waals surface area (Å²) in [4.78, 5) is 4.49. The fourth-order valence-corrected chi connectivity index (χ4v) is 2.19. The molecule has 1 heterocycles. The Hall–Kier alpha value is -1.72. The SMILES string of the molecule is CCC(C)(OC)c1noc(CC(NC)c2ccccc2)n1. The van der Waals surface area contributed by atoms with Gasteiger partial charge in [-0.1, -0.05) is 42.4 Å². The molecule has 2 atom stereocenters. The van der Waals surface area contributed by atoms with Crippen molar-refractivity contribution in [3.8, 4) is 0 Å². The summed E-state index contributed by atoms with van der Waals surface area (Å²) in [6.45, 7) is 4.01. The van der Waals surface area contributed by atoms with Crippen LogP contribution in [0.1, 0.15) is 43.6 Å². The van der Waals surface area contributed by atoms with E-state index in [1.54, 1.807) is 7.11 Å². The monoisotopic (exact) mass is 289 g/mol. The van der Waals surface area contributed by atoms with Gasteiger partial charge >= 0.3 is 0 Å². The highest BCUT2D eigenvalue weighted by Crippen LogP contribution is 2.26. The molecule has 0 saturated carbocycles. The van der Waals surface area contributed by atoms with Crippen molar-refractivity contribution in [1.29, 1.82) is 0 Å². The molecule has 0 radical (unpaired) electrons. The minimum absolute atomic E-state index is 0.148. The summed E-state index contributed by atoms with van der Waals surface area (Å²) < 4.78 is 10.9. The van der Waals surface area contributed by atoms with Crippen LogP contribution in [0, 0.1) is 0 Å². The minimum atomic E-state index is -0.496. The smallest absolute Gasteiger partial charge is 0.228 e. The summed E-state index contributed by atoms with van der Waals surface area (Å²) in [7, 11) is 3.60. The second kappa shape index (κ2) is 6.83. The summed E-state index contributed by atoms with van der Waals surface area (Å²) in [6.07, 6.45) is 1.44. The zero-order chi connectivity index (χ0) is 15.3. The van der Waals surface area contributed by atoms with Crippen molar-refractivity contribution in [1.82, 2.24) is 15.5 Å². The van der Waals surface area contributed by atoms with Crippen LogP contribution in [-0.2, 0) is 16.8 Å². The Balaban J connectivity index is 2.15. The third-order valence-corrected chi connectivity index (χ3v) is 4.00. The Labute approximate surface area is 125 Å². The van der Waals surface area contributed by atoms with Crippen LogP contribution in [0.25, 0.3) is 0 Å². The number of rotatable bonds is 7. The molecular weight excluding hydrogens is 266 g/mol. The van der Waals surface area contributed by atoms with Crippen molar-refractivity contribution in [2.75, 3.05) is 14.2 Å². The van der Waals surface area contributed by atoms with Crippen molar-refractivity contribution in [3.05, 3.63) is 47.6 Å². The van der Waals surface area contributed by atoms with Crippen LogP contribution in [0.2, 0.25) is 0 Å². The molecule has 5 heteroatoms. The number of hydrogen-bond donors (Lipinski definition) is 1. The second-order valence-corrected chi connectivity index (χ2v) is 5.26. The molecule has 1 N–H and O–H groups in total. The molecule has 114 valence electrons. The van der Waals surface area contributed by atoms with Crippen LogP contribution >= 0.6 is 0 Å². The van der Waals surface area contributed by atoms with Crippen LogP contribution in [0.15, 0.2) is 34.9 Å². The summed E-state index contributed by atoms with van der Waals surface area (Å²) >= 11 is 0. The Kier molecular flexibility index (Phi) is 5.09. The molecule has 5 nitrogen and oxygen atoms in total. The second-order valence-electron chi connectivity index (χ2n) is 5.26. The molecule has 2 rings (SSSR count). The minimum Gasteiger partial charge on any atom is -0.370 e. The Morgan fingerprint density at radius 1 is 1.33 bits per heavy atom. The van der Waals surface area contributed by atoms with Gasteiger partial charge in [-0.25, -0.2) is 0 Å². The van der Waals surface area contributed by atoms with E-state index in [2.05, 4.69) is 27.6 Å². The molecule has 0 fully saturated rings. The van der Waals surface area contributed by atoms with Gasteiger partial charge in [0.15, 0.2) is 0 Å². The van der Waals surface area contributed by atoms with Crippen LogP contribution in [0.3, 0.4) is 0 Å². The van der Waals surface area contributed by atoms with Crippen LogP contribution in [-0.4, -0.2) is 24.3 Å². The van der Waals surface area contributed by atoms with E-state index in [1.165, 1.54) is 5.56 Å². The number of nitrogens with zero attached hydrogens (tertiary/aromatic N) is 2. The number of likely N-dealkylation sites (N-methyl/N-ethyl adjacent to an activating group) is 1. The van der Waals surface area contributed by atoms with E-state index in [4.69, 9.17) is 9.26 Å². The van der Waals surface area contributed by atoms with E-state index >= 15 is 0 Å². The molecule has 0 aliphatic heterocycles. The fraction of sp³-hybridized carbons (Fsp3) is 0.500. The first-order chi connectivity index (χ1) is 10.1. The quantitative estimate of drug-likeness (QED) is 0.849. The highest BCUT2D eigenvalue weighted by Gasteiger charge is 2.30. The van der Waals surface area contributed by atoms with Gasteiger partial charge in [-0.05, 0) is 26.0 Å². The number of hydrogen-bond acceptors (Lipinski definition) is 5. The molecule has 0 aliphatic rings. The molecule has 1 aromatic heterocycles. The van der Waals surface area contributed by atoms with E-state index in [1.807, 2.05) is 39.1 Å². The maximum atomic E-state index is 5.50. The molecule has 2 unspecified atom stereocenters. The van der Waals surface area contributed by atoms with Gasteiger partial charge in [0.25, 0.3) is 0 Å². The highest BCUT2D eigenvalue weighted by atomic mass is 16.5. The zero-order valence-electron chi connectivity index (χ0n) is 13.1. The van der Waals surface area contributed by atoms with Gasteiger partial charge in [0, 0.05) is 19.6 Å². The average Bonchev–Trinajstić information content (AvgIpc) is 3.02. The molecule has 0 spiro atoms. The highest BCUT2D eigenvalue weighted by molar-refractivity contribution is 5.19. The maximum Gasteiger partial charge on any atom is 0.228 e. The topological polar surface area (TPSA) is 60.2 Å². The van der Waals surface area contributed by atoms with Crippen molar-refractivity contribution in [2.45, 2.75) is 38.3 Å². The lowest BCUT2D eigenvalue weighted by molar-refractivity contribution is -0.0106. The third kappa shape index (κ3) is 3.49. The lowest BCUT2D eigenvalue weighted by Gasteiger charge is -2.21. The van der Waals surface area contributed by atoms with Crippen molar-refractivity contribution in [3.63, 3.8) is 0 Å². The molecule has 0 bridgehead atoms. The van der Waals surface area contributed by atoms with Crippen LogP contribution < -0.4 is 5.32 Å². The average molecular weight is 289 g/mol. The first-order valence-corrected chi connectivity index (χ1v) is 7.23. The molecule has 0 aliphatic carbocycles. The van der Waals surface area contributed by atoms with Gasteiger partial charge in [-0.2, -0.15) is 4.98 Å². The van der Waals surface area contributed by atoms with E-state index in [0.29, 0.717) is 18.1 Å². The normalized spacial score (nSPS) is 15.6. The largest absolute Gasteiger partial charge is 0.370 e. The van der Waals surface area contributed by atoms with E-state index < -0.39 is 5.60 Å². The Morgan fingerprint density at radius 3 is 2.62 bits per heavy atom. The lowest BCUT2D eigenvalue weighted by Crippen LogP contribution is -2.25. The molecule has 0 amide bonds. The van der Waals surface area contributed by atoms with Crippen molar-refractivity contribution in [2.24, 2.45) is 0 Å². The summed E-state index contributed by atoms with van der Waals surface area (Å²) in [5.74, 6) is 1.22. The molecule has 2 aromatic rings. The van der Waals surface area contributed by atoms with Crippen molar-refractivity contribution >= 4 is 0 Å². The van der Waals surface area contributed by atoms with Crippen LogP contribution in [0.4, 0.5) is 0 Å². The molecule has 0 saturated heterocycles. The van der Waals surface area contributed by atoms with Gasteiger partial charge in [0.2, 0.25) is 11.7 Å². The van der Waals surface area contributed by atoms with Gasteiger partial charge < -0.3 is 14.6 Å².